The number of aryl methyl sites for hydroxylation is 1. The molecule has 29 heavy (non-hydrogen) atoms. The highest BCUT2D eigenvalue weighted by molar-refractivity contribution is 5.94. The van der Waals surface area contributed by atoms with E-state index in [1.807, 2.05) is 54.6 Å². The van der Waals surface area contributed by atoms with Crippen LogP contribution in [0.3, 0.4) is 0 Å². The number of hydrogen-bond donors (Lipinski definition) is 3. The van der Waals surface area contributed by atoms with E-state index in [0.29, 0.717) is 12.1 Å². The van der Waals surface area contributed by atoms with Crippen LogP contribution in [0.4, 0.5) is 16.2 Å². The Hall–Kier alpha value is -3.67. The molecule has 1 aromatic heterocycles. The smallest absolute Gasteiger partial charge is 0.319 e. The van der Waals surface area contributed by atoms with Gasteiger partial charge in [0.2, 0.25) is 5.91 Å². The van der Waals surface area contributed by atoms with E-state index in [-0.39, 0.29) is 18.0 Å². The molecule has 1 unspecified atom stereocenters. The van der Waals surface area contributed by atoms with Crippen LogP contribution >= 0.6 is 0 Å². The van der Waals surface area contributed by atoms with Crippen LogP contribution in [-0.2, 0) is 11.2 Å². The van der Waals surface area contributed by atoms with Crippen molar-refractivity contribution in [3.63, 3.8) is 0 Å². The summed E-state index contributed by atoms with van der Waals surface area (Å²) in [7, 11) is 0. The first-order valence-electron chi connectivity index (χ1n) is 9.64. The molecule has 0 saturated carbocycles. The van der Waals surface area contributed by atoms with Gasteiger partial charge < -0.3 is 16.0 Å². The van der Waals surface area contributed by atoms with E-state index < -0.39 is 0 Å². The predicted molar refractivity (Wildman–Crippen MR) is 113 cm³/mol. The highest BCUT2D eigenvalue weighted by Gasteiger charge is 2.18. The zero-order chi connectivity index (χ0) is 20.1. The Morgan fingerprint density at radius 2 is 1.83 bits per heavy atom. The fraction of sp³-hybridized carbons (Fsp3) is 0.174. The summed E-state index contributed by atoms with van der Waals surface area (Å²) in [5.74, 6) is 0.0318. The topological polar surface area (TPSA) is 83.1 Å². The molecule has 0 bridgehead atoms. The number of aromatic nitrogens is 1. The normalized spacial score (nSPS) is 14.1. The van der Waals surface area contributed by atoms with Gasteiger partial charge >= 0.3 is 6.03 Å². The van der Waals surface area contributed by atoms with Crippen molar-refractivity contribution >= 4 is 23.3 Å². The molecule has 0 aliphatic carbocycles. The standard InChI is InChI=1S/C23H22N4O2/c28-21-10-4-8-17-14-19(11-12-20(17)26-21)25-23(29)27-22(16-6-2-1-3-7-16)18-9-5-13-24-15-18/h1-3,5-7,9,11-15,22H,4,8,10H2,(H,26,28)(H2,25,27,29). The molecule has 1 atom stereocenters. The molecule has 2 heterocycles. The van der Waals surface area contributed by atoms with Crippen molar-refractivity contribution in [2.45, 2.75) is 25.3 Å². The fourth-order valence-corrected chi connectivity index (χ4v) is 3.50. The van der Waals surface area contributed by atoms with E-state index >= 15 is 0 Å². The maximum Gasteiger partial charge on any atom is 0.319 e. The monoisotopic (exact) mass is 386 g/mol. The number of fused-ring (bicyclic) bond motifs is 1. The van der Waals surface area contributed by atoms with Gasteiger partial charge in [0.05, 0.1) is 6.04 Å². The van der Waals surface area contributed by atoms with Crippen LogP contribution in [0.25, 0.3) is 0 Å². The van der Waals surface area contributed by atoms with Crippen molar-refractivity contribution in [1.82, 2.24) is 10.3 Å². The lowest BCUT2D eigenvalue weighted by Gasteiger charge is -2.20. The molecule has 1 aliphatic rings. The summed E-state index contributed by atoms with van der Waals surface area (Å²) in [5, 5.41) is 8.85. The lowest BCUT2D eigenvalue weighted by molar-refractivity contribution is -0.116. The third-order valence-electron chi connectivity index (χ3n) is 4.91. The summed E-state index contributed by atoms with van der Waals surface area (Å²) in [6.07, 6.45) is 5.57. The van der Waals surface area contributed by atoms with Gasteiger partial charge in [-0.3, -0.25) is 9.78 Å². The second-order valence-electron chi connectivity index (χ2n) is 7.00. The van der Waals surface area contributed by atoms with E-state index in [2.05, 4.69) is 20.9 Å². The van der Waals surface area contributed by atoms with Crippen molar-refractivity contribution in [3.8, 4) is 0 Å². The van der Waals surface area contributed by atoms with Gasteiger partial charge in [-0.25, -0.2) is 4.79 Å². The molecule has 1 aliphatic heterocycles. The Kier molecular flexibility index (Phi) is 5.52. The fourth-order valence-electron chi connectivity index (χ4n) is 3.50. The van der Waals surface area contributed by atoms with Crippen LogP contribution in [-0.4, -0.2) is 16.9 Å². The van der Waals surface area contributed by atoms with Crippen LogP contribution in [0.2, 0.25) is 0 Å². The molecule has 3 amide bonds. The Morgan fingerprint density at radius 1 is 1.00 bits per heavy atom. The van der Waals surface area contributed by atoms with Gasteiger partial charge in [-0.2, -0.15) is 0 Å². The van der Waals surface area contributed by atoms with E-state index in [0.717, 1.165) is 35.2 Å². The van der Waals surface area contributed by atoms with Crippen molar-refractivity contribution in [2.24, 2.45) is 0 Å². The van der Waals surface area contributed by atoms with Gasteiger partial charge in [0.25, 0.3) is 0 Å². The minimum absolute atomic E-state index is 0.0318. The lowest BCUT2D eigenvalue weighted by atomic mass is 10.0. The second-order valence-corrected chi connectivity index (χ2v) is 7.00. The summed E-state index contributed by atoms with van der Waals surface area (Å²) in [6.45, 7) is 0. The van der Waals surface area contributed by atoms with Crippen molar-refractivity contribution in [2.75, 3.05) is 10.6 Å². The second kappa shape index (κ2) is 8.56. The first-order chi connectivity index (χ1) is 14.2. The van der Waals surface area contributed by atoms with Crippen LogP contribution in [0, 0.1) is 0 Å². The molecular formula is C23H22N4O2. The van der Waals surface area contributed by atoms with E-state index in [9.17, 15) is 9.59 Å². The van der Waals surface area contributed by atoms with E-state index in [1.165, 1.54) is 0 Å². The maximum atomic E-state index is 12.7. The molecule has 4 rings (SSSR count). The van der Waals surface area contributed by atoms with E-state index in [1.54, 1.807) is 18.5 Å². The number of amides is 3. The summed E-state index contributed by atoms with van der Waals surface area (Å²) >= 11 is 0. The van der Waals surface area contributed by atoms with Gasteiger partial charge in [-0.15, -0.1) is 0 Å². The van der Waals surface area contributed by atoms with Gasteiger partial charge in [-0.1, -0.05) is 36.4 Å². The van der Waals surface area contributed by atoms with Crippen molar-refractivity contribution < 1.29 is 9.59 Å². The highest BCUT2D eigenvalue weighted by Crippen LogP contribution is 2.26. The van der Waals surface area contributed by atoms with Crippen LogP contribution in [0.15, 0.2) is 73.1 Å². The van der Waals surface area contributed by atoms with Crippen molar-refractivity contribution in [3.05, 3.63) is 89.7 Å². The first kappa shape index (κ1) is 18.7. The number of nitrogens with one attached hydrogen (secondary N) is 3. The Morgan fingerprint density at radius 3 is 2.62 bits per heavy atom. The van der Waals surface area contributed by atoms with Crippen molar-refractivity contribution in [1.29, 1.82) is 0 Å². The highest BCUT2D eigenvalue weighted by atomic mass is 16.2. The van der Waals surface area contributed by atoms with Crippen LogP contribution < -0.4 is 16.0 Å². The third kappa shape index (κ3) is 4.60. The zero-order valence-corrected chi connectivity index (χ0v) is 15.9. The molecule has 6 nitrogen and oxygen atoms in total. The average Bonchev–Trinajstić information content (AvgIpc) is 2.93. The Bertz CT molecular complexity index is 966. The van der Waals surface area contributed by atoms with E-state index in [4.69, 9.17) is 0 Å². The minimum atomic E-state index is -0.315. The average molecular weight is 386 g/mol. The Balaban J connectivity index is 1.52. The molecule has 3 N–H and O–H groups in total. The van der Waals surface area contributed by atoms with Crippen LogP contribution in [0.1, 0.15) is 35.6 Å². The molecule has 0 radical (unpaired) electrons. The van der Waals surface area contributed by atoms with Gasteiger partial charge in [0.1, 0.15) is 0 Å². The number of pyridine rings is 1. The minimum Gasteiger partial charge on any atom is -0.327 e. The number of nitrogens with zero attached hydrogens (tertiary/aromatic N) is 1. The molecule has 146 valence electrons. The molecular weight excluding hydrogens is 364 g/mol. The molecule has 2 aromatic carbocycles. The third-order valence-corrected chi connectivity index (χ3v) is 4.91. The number of rotatable bonds is 4. The SMILES string of the molecule is O=C1CCCc2cc(NC(=O)NC(c3ccccc3)c3cccnc3)ccc2N1. The summed E-state index contributed by atoms with van der Waals surface area (Å²) < 4.78 is 0. The largest absolute Gasteiger partial charge is 0.327 e. The number of anilines is 2. The maximum absolute atomic E-state index is 12.7. The molecule has 3 aromatic rings. The number of carbonyl (C=O) groups is 2. The zero-order valence-electron chi connectivity index (χ0n) is 15.9. The van der Waals surface area contributed by atoms with Gasteiger partial charge in [-0.05, 0) is 53.8 Å². The first-order valence-corrected chi connectivity index (χ1v) is 9.64. The number of benzene rings is 2. The lowest BCUT2D eigenvalue weighted by Crippen LogP contribution is -2.33. The molecule has 0 spiro atoms. The van der Waals surface area contributed by atoms with Gasteiger partial charge in [0.15, 0.2) is 0 Å². The van der Waals surface area contributed by atoms with Crippen LogP contribution in [0.5, 0.6) is 0 Å². The number of carbonyl (C=O) groups excluding carboxylic acids is 2. The summed E-state index contributed by atoms with van der Waals surface area (Å²) in [4.78, 5) is 28.6. The molecule has 6 heteroatoms. The summed E-state index contributed by atoms with van der Waals surface area (Å²) in [5.41, 5.74) is 4.41. The molecule has 0 saturated heterocycles. The quantitative estimate of drug-likeness (QED) is 0.626. The Labute approximate surface area is 169 Å². The number of hydrogen-bond acceptors (Lipinski definition) is 3. The number of urea groups is 1. The summed E-state index contributed by atoms with van der Waals surface area (Å²) in [6, 6.07) is 18.5. The predicted octanol–water partition coefficient (Wildman–Crippen LogP) is 4.27. The van der Waals surface area contributed by atoms with Gasteiger partial charge in [0, 0.05) is 30.2 Å². The molecule has 0 fully saturated rings.